The maximum atomic E-state index is 12.5. The van der Waals surface area contributed by atoms with Gasteiger partial charge < -0.3 is 4.90 Å². The largest absolute Gasteiger partial charge is 0.343 e. The minimum atomic E-state index is -0.676. The van der Waals surface area contributed by atoms with E-state index in [1.165, 1.54) is 11.8 Å². The van der Waals surface area contributed by atoms with Gasteiger partial charge in [0.2, 0.25) is 5.91 Å². The molecule has 0 aliphatic heterocycles. The van der Waals surface area contributed by atoms with Crippen LogP contribution in [0.5, 0.6) is 0 Å². The topological polar surface area (TPSA) is 94.8 Å². The number of aromatic nitrogens is 3. The zero-order valence-electron chi connectivity index (χ0n) is 13.7. The molecule has 1 fully saturated rings. The molecule has 0 unspecified atom stereocenters. The van der Waals surface area contributed by atoms with Crippen LogP contribution in [0.4, 0.5) is 0 Å². The van der Waals surface area contributed by atoms with Gasteiger partial charge in [0, 0.05) is 13.6 Å². The summed E-state index contributed by atoms with van der Waals surface area (Å²) in [6, 6.07) is 2.35. The highest BCUT2D eigenvalue weighted by Gasteiger charge is 2.38. The molecule has 1 amide bonds. The number of thioether (sulfide) groups is 1. The van der Waals surface area contributed by atoms with Gasteiger partial charge in [0.1, 0.15) is 5.54 Å². The third-order valence-electron chi connectivity index (χ3n) is 4.40. The summed E-state index contributed by atoms with van der Waals surface area (Å²) < 4.78 is 1.54. The smallest absolute Gasteiger partial charge is 0.326 e. The summed E-state index contributed by atoms with van der Waals surface area (Å²) in [6.45, 7) is 2.55. The lowest BCUT2D eigenvalue weighted by Crippen LogP contribution is -2.50. The highest BCUT2D eigenvalue weighted by molar-refractivity contribution is 7.99. The molecule has 7 nitrogen and oxygen atoms in total. The predicted octanol–water partition coefficient (Wildman–Crippen LogP) is 1.76. The quantitative estimate of drug-likeness (QED) is 0.798. The fourth-order valence-electron chi connectivity index (χ4n) is 2.95. The molecule has 0 bridgehead atoms. The van der Waals surface area contributed by atoms with Gasteiger partial charge in [-0.05, 0) is 19.3 Å². The maximum absolute atomic E-state index is 12.5. The van der Waals surface area contributed by atoms with Crippen molar-refractivity contribution in [3.05, 3.63) is 10.5 Å². The molecular formula is C15H23N5O2S. The number of rotatable bonds is 6. The summed E-state index contributed by atoms with van der Waals surface area (Å²) >= 11 is 1.24. The summed E-state index contributed by atoms with van der Waals surface area (Å²) in [4.78, 5) is 25.7. The Bertz CT molecular complexity index is 639. The standard InChI is InChI=1S/C15H23N5O2S/c1-3-9-20-13(22)17-18-14(20)23-10-12(21)19(2)15(11-16)7-5-4-6-8-15/h3-10H2,1-2H3,(H,17,22). The number of nitriles is 1. The number of hydrogen-bond donors (Lipinski definition) is 1. The van der Waals surface area contributed by atoms with E-state index in [0.29, 0.717) is 11.7 Å². The Balaban J connectivity index is 2.02. The van der Waals surface area contributed by atoms with Crippen molar-refractivity contribution in [2.45, 2.75) is 62.7 Å². The maximum Gasteiger partial charge on any atom is 0.343 e. The molecule has 1 aliphatic rings. The lowest BCUT2D eigenvalue weighted by molar-refractivity contribution is -0.131. The molecular weight excluding hydrogens is 314 g/mol. The van der Waals surface area contributed by atoms with E-state index in [-0.39, 0.29) is 17.3 Å². The average molecular weight is 337 g/mol. The van der Waals surface area contributed by atoms with Gasteiger partial charge in [0.15, 0.2) is 5.16 Å². The molecule has 2 rings (SSSR count). The van der Waals surface area contributed by atoms with Gasteiger partial charge in [-0.2, -0.15) is 5.26 Å². The van der Waals surface area contributed by atoms with E-state index in [0.717, 1.165) is 38.5 Å². The first kappa shape index (κ1) is 17.6. The Labute approximate surface area is 140 Å². The monoisotopic (exact) mass is 337 g/mol. The van der Waals surface area contributed by atoms with E-state index >= 15 is 0 Å². The number of amides is 1. The van der Waals surface area contributed by atoms with Gasteiger partial charge in [0.25, 0.3) is 0 Å². The Morgan fingerprint density at radius 2 is 2.17 bits per heavy atom. The van der Waals surface area contributed by atoms with Crippen molar-refractivity contribution in [2.24, 2.45) is 0 Å². The first-order valence-electron chi connectivity index (χ1n) is 8.00. The van der Waals surface area contributed by atoms with Crippen LogP contribution in [0, 0.1) is 11.3 Å². The van der Waals surface area contributed by atoms with Crippen LogP contribution in [-0.4, -0.2) is 43.9 Å². The van der Waals surface area contributed by atoms with Crippen molar-refractivity contribution in [3.63, 3.8) is 0 Å². The van der Waals surface area contributed by atoms with Gasteiger partial charge in [-0.3, -0.25) is 9.36 Å². The van der Waals surface area contributed by atoms with Crippen molar-refractivity contribution >= 4 is 17.7 Å². The predicted molar refractivity (Wildman–Crippen MR) is 88.1 cm³/mol. The minimum Gasteiger partial charge on any atom is -0.326 e. The van der Waals surface area contributed by atoms with Crippen LogP contribution in [0.15, 0.2) is 9.95 Å². The number of carbonyl (C=O) groups excluding carboxylic acids is 1. The molecule has 23 heavy (non-hydrogen) atoms. The molecule has 1 heterocycles. The number of hydrogen-bond acceptors (Lipinski definition) is 5. The first-order chi connectivity index (χ1) is 11.0. The van der Waals surface area contributed by atoms with Crippen LogP contribution < -0.4 is 5.69 Å². The number of nitrogens with one attached hydrogen (secondary N) is 1. The van der Waals surface area contributed by atoms with Crippen LogP contribution in [0.3, 0.4) is 0 Å². The van der Waals surface area contributed by atoms with Crippen molar-refractivity contribution in [1.82, 2.24) is 19.7 Å². The molecule has 1 aliphatic carbocycles. The van der Waals surface area contributed by atoms with Crippen LogP contribution in [0.25, 0.3) is 0 Å². The highest BCUT2D eigenvalue weighted by Crippen LogP contribution is 2.33. The second-order valence-electron chi connectivity index (χ2n) is 5.91. The Kier molecular flexibility index (Phi) is 5.88. The molecule has 8 heteroatoms. The lowest BCUT2D eigenvalue weighted by Gasteiger charge is -2.39. The van der Waals surface area contributed by atoms with Gasteiger partial charge >= 0.3 is 5.69 Å². The van der Waals surface area contributed by atoms with Gasteiger partial charge in [-0.1, -0.05) is 37.9 Å². The Morgan fingerprint density at radius 3 is 2.78 bits per heavy atom. The lowest BCUT2D eigenvalue weighted by atomic mass is 9.81. The molecule has 1 aromatic heterocycles. The van der Waals surface area contributed by atoms with Gasteiger partial charge in [-0.15, -0.1) is 5.10 Å². The number of nitrogens with zero attached hydrogens (tertiary/aromatic N) is 4. The van der Waals surface area contributed by atoms with Crippen molar-refractivity contribution < 1.29 is 4.79 Å². The molecule has 1 saturated carbocycles. The summed E-state index contributed by atoms with van der Waals surface area (Å²) in [7, 11) is 1.71. The molecule has 0 atom stereocenters. The van der Waals surface area contributed by atoms with Crippen LogP contribution in [0.2, 0.25) is 0 Å². The fourth-order valence-corrected chi connectivity index (χ4v) is 3.84. The Morgan fingerprint density at radius 1 is 1.48 bits per heavy atom. The second kappa shape index (κ2) is 7.68. The van der Waals surface area contributed by atoms with Crippen LogP contribution in [-0.2, 0) is 11.3 Å². The van der Waals surface area contributed by atoms with E-state index < -0.39 is 5.54 Å². The molecule has 0 saturated heterocycles. The summed E-state index contributed by atoms with van der Waals surface area (Å²) in [6.07, 6.45) is 5.37. The number of carbonyl (C=O) groups is 1. The van der Waals surface area contributed by atoms with Crippen LogP contribution in [0.1, 0.15) is 45.4 Å². The van der Waals surface area contributed by atoms with E-state index in [2.05, 4.69) is 16.3 Å². The third kappa shape index (κ3) is 3.78. The number of H-pyrrole nitrogens is 1. The third-order valence-corrected chi connectivity index (χ3v) is 5.36. The van der Waals surface area contributed by atoms with Gasteiger partial charge in [0.05, 0.1) is 11.8 Å². The molecule has 126 valence electrons. The van der Waals surface area contributed by atoms with E-state index in [1.807, 2.05) is 6.92 Å². The van der Waals surface area contributed by atoms with E-state index in [1.54, 1.807) is 16.5 Å². The highest BCUT2D eigenvalue weighted by atomic mass is 32.2. The zero-order valence-corrected chi connectivity index (χ0v) is 14.5. The van der Waals surface area contributed by atoms with Gasteiger partial charge in [-0.25, -0.2) is 9.89 Å². The summed E-state index contributed by atoms with van der Waals surface area (Å²) in [5, 5.41) is 16.5. The van der Waals surface area contributed by atoms with Crippen LogP contribution >= 0.6 is 11.8 Å². The van der Waals surface area contributed by atoms with Crippen molar-refractivity contribution in [2.75, 3.05) is 12.8 Å². The molecule has 0 radical (unpaired) electrons. The van der Waals surface area contributed by atoms with E-state index in [4.69, 9.17) is 0 Å². The first-order valence-corrected chi connectivity index (χ1v) is 8.98. The molecule has 0 aromatic carbocycles. The van der Waals surface area contributed by atoms with Crippen molar-refractivity contribution in [3.8, 4) is 6.07 Å². The molecule has 1 N–H and O–H groups in total. The van der Waals surface area contributed by atoms with Crippen molar-refractivity contribution in [1.29, 1.82) is 5.26 Å². The molecule has 0 spiro atoms. The number of aromatic amines is 1. The average Bonchev–Trinajstić information content (AvgIpc) is 2.93. The summed E-state index contributed by atoms with van der Waals surface area (Å²) in [5.74, 6) is 0.0745. The zero-order chi connectivity index (χ0) is 16.9. The fraction of sp³-hybridized carbons (Fsp3) is 0.733. The van der Waals surface area contributed by atoms with E-state index in [9.17, 15) is 14.9 Å². The minimum absolute atomic E-state index is 0.100. The Hall–Kier alpha value is -1.75. The summed E-state index contributed by atoms with van der Waals surface area (Å²) in [5.41, 5.74) is -0.930. The molecule has 1 aromatic rings. The second-order valence-corrected chi connectivity index (χ2v) is 6.85. The SMILES string of the molecule is CCCn1c(SCC(=O)N(C)C2(C#N)CCCCC2)n[nH]c1=O. The normalized spacial score (nSPS) is 16.7.